The van der Waals surface area contributed by atoms with Gasteiger partial charge in [0.2, 0.25) is 0 Å². The zero-order valence-corrected chi connectivity index (χ0v) is 13.4. The topological polar surface area (TPSA) is 68.6 Å². The highest BCUT2D eigenvalue weighted by Gasteiger charge is 2.27. The molecule has 1 aliphatic heterocycles. The Hall–Kier alpha value is -2.61. The Labute approximate surface area is 142 Å². The van der Waals surface area contributed by atoms with Crippen LogP contribution in [0, 0.1) is 5.92 Å². The molecule has 3 aromatic heterocycles. The first kappa shape index (κ1) is 15.9. The standard InChI is InChI=1S/C17H17F2N5O/c18-15(19)2-1-14(11-4-6-25-9-11)24-8-12(7-23-24)16-13-3-5-20-17(13)22-10-21-16/h2-3,5,7-8,10-11,14H,1,4,6,9H2,(H,20,21,22). The minimum absolute atomic E-state index is 0.165. The number of aromatic nitrogens is 5. The molecule has 0 aliphatic carbocycles. The molecule has 3 aromatic rings. The van der Waals surface area contributed by atoms with Gasteiger partial charge in [-0.1, -0.05) is 0 Å². The van der Waals surface area contributed by atoms with E-state index in [4.69, 9.17) is 4.74 Å². The summed E-state index contributed by atoms with van der Waals surface area (Å²) < 4.78 is 32.4. The summed E-state index contributed by atoms with van der Waals surface area (Å²) in [5, 5.41) is 5.32. The van der Waals surface area contributed by atoms with Crippen LogP contribution in [0.4, 0.5) is 8.78 Å². The van der Waals surface area contributed by atoms with Gasteiger partial charge in [0, 0.05) is 35.9 Å². The number of ether oxygens (including phenoxy) is 1. The van der Waals surface area contributed by atoms with Gasteiger partial charge < -0.3 is 9.72 Å². The second-order valence-corrected chi connectivity index (χ2v) is 6.09. The molecule has 1 fully saturated rings. The van der Waals surface area contributed by atoms with Gasteiger partial charge in [-0.05, 0) is 25.0 Å². The van der Waals surface area contributed by atoms with Crippen LogP contribution in [-0.2, 0) is 4.74 Å². The van der Waals surface area contributed by atoms with Crippen molar-refractivity contribution in [3.63, 3.8) is 0 Å². The fourth-order valence-corrected chi connectivity index (χ4v) is 3.33. The highest BCUT2D eigenvalue weighted by Crippen LogP contribution is 2.32. The summed E-state index contributed by atoms with van der Waals surface area (Å²) in [6.07, 6.45) is 7.24. The molecular formula is C17H17F2N5O. The molecular weight excluding hydrogens is 328 g/mol. The molecule has 2 atom stereocenters. The second-order valence-electron chi connectivity index (χ2n) is 6.09. The molecule has 0 saturated carbocycles. The molecule has 4 rings (SSSR count). The third-order valence-electron chi connectivity index (χ3n) is 4.59. The van der Waals surface area contributed by atoms with Crippen LogP contribution in [-0.4, -0.2) is 37.9 Å². The molecule has 1 N–H and O–H groups in total. The maximum Gasteiger partial charge on any atom is 0.266 e. The summed E-state index contributed by atoms with van der Waals surface area (Å²) >= 11 is 0. The maximum absolute atomic E-state index is 12.6. The fraction of sp³-hybridized carbons (Fsp3) is 0.353. The average molecular weight is 345 g/mol. The van der Waals surface area contributed by atoms with E-state index < -0.39 is 6.08 Å². The minimum atomic E-state index is -1.67. The van der Waals surface area contributed by atoms with Gasteiger partial charge in [-0.3, -0.25) is 4.68 Å². The summed E-state index contributed by atoms with van der Waals surface area (Å²) in [4.78, 5) is 11.6. The number of fused-ring (bicyclic) bond motifs is 1. The van der Waals surface area contributed by atoms with Crippen molar-refractivity contribution in [2.24, 2.45) is 5.92 Å². The Morgan fingerprint density at radius 3 is 3.16 bits per heavy atom. The molecule has 4 heterocycles. The zero-order chi connectivity index (χ0) is 17.2. The average Bonchev–Trinajstić information content (AvgIpc) is 3.36. The quantitative estimate of drug-likeness (QED) is 0.767. The lowest BCUT2D eigenvalue weighted by molar-refractivity contribution is 0.170. The smallest absolute Gasteiger partial charge is 0.266 e. The first-order chi connectivity index (χ1) is 12.2. The van der Waals surface area contributed by atoms with Crippen LogP contribution in [0.2, 0.25) is 0 Å². The number of aromatic amines is 1. The number of nitrogens with zero attached hydrogens (tertiary/aromatic N) is 4. The maximum atomic E-state index is 12.6. The third-order valence-corrected chi connectivity index (χ3v) is 4.59. The summed E-state index contributed by atoms with van der Waals surface area (Å²) in [5.41, 5.74) is 2.35. The molecule has 0 radical (unpaired) electrons. The van der Waals surface area contributed by atoms with E-state index >= 15 is 0 Å². The number of rotatable bonds is 5. The molecule has 1 aliphatic rings. The van der Waals surface area contributed by atoms with Crippen LogP contribution in [0.15, 0.2) is 43.1 Å². The largest absolute Gasteiger partial charge is 0.381 e. The number of halogens is 2. The van der Waals surface area contributed by atoms with Crippen molar-refractivity contribution in [2.75, 3.05) is 13.2 Å². The molecule has 0 bridgehead atoms. The van der Waals surface area contributed by atoms with E-state index in [-0.39, 0.29) is 18.4 Å². The normalized spacial score (nSPS) is 18.6. The third kappa shape index (κ3) is 3.17. The zero-order valence-electron chi connectivity index (χ0n) is 13.4. The van der Waals surface area contributed by atoms with Gasteiger partial charge in [-0.25, -0.2) is 9.97 Å². The van der Waals surface area contributed by atoms with Crippen molar-refractivity contribution in [3.05, 3.63) is 43.1 Å². The Morgan fingerprint density at radius 2 is 2.36 bits per heavy atom. The fourth-order valence-electron chi connectivity index (χ4n) is 3.33. The summed E-state index contributed by atoms with van der Waals surface area (Å²) in [6.45, 7) is 1.23. The molecule has 6 nitrogen and oxygen atoms in total. The molecule has 0 spiro atoms. The van der Waals surface area contributed by atoms with Gasteiger partial charge in [-0.2, -0.15) is 13.9 Å². The highest BCUT2D eigenvalue weighted by atomic mass is 19.3. The van der Waals surface area contributed by atoms with Crippen molar-refractivity contribution in [3.8, 4) is 11.3 Å². The van der Waals surface area contributed by atoms with Gasteiger partial charge >= 0.3 is 0 Å². The Kier molecular flexibility index (Phi) is 4.27. The van der Waals surface area contributed by atoms with E-state index in [1.54, 1.807) is 17.1 Å². The van der Waals surface area contributed by atoms with Crippen LogP contribution >= 0.6 is 0 Å². The van der Waals surface area contributed by atoms with E-state index in [2.05, 4.69) is 20.1 Å². The molecule has 25 heavy (non-hydrogen) atoms. The molecule has 130 valence electrons. The lowest BCUT2D eigenvalue weighted by atomic mass is 9.96. The Balaban J connectivity index is 1.68. The van der Waals surface area contributed by atoms with Crippen molar-refractivity contribution >= 4 is 11.0 Å². The Bertz CT molecular complexity index is 893. The summed E-state index contributed by atoms with van der Waals surface area (Å²) in [6, 6.07) is 1.74. The molecule has 1 saturated heterocycles. The van der Waals surface area contributed by atoms with Crippen LogP contribution in [0.5, 0.6) is 0 Å². The van der Waals surface area contributed by atoms with Gasteiger partial charge in [0.25, 0.3) is 6.08 Å². The Morgan fingerprint density at radius 1 is 1.44 bits per heavy atom. The lowest BCUT2D eigenvalue weighted by Crippen LogP contribution is -2.20. The van der Waals surface area contributed by atoms with Crippen molar-refractivity contribution in [1.29, 1.82) is 0 Å². The molecule has 0 amide bonds. The van der Waals surface area contributed by atoms with Crippen molar-refractivity contribution in [1.82, 2.24) is 24.7 Å². The van der Waals surface area contributed by atoms with E-state index in [1.807, 2.05) is 12.3 Å². The first-order valence-electron chi connectivity index (χ1n) is 8.14. The van der Waals surface area contributed by atoms with E-state index in [0.717, 1.165) is 34.8 Å². The van der Waals surface area contributed by atoms with E-state index in [1.165, 1.54) is 6.33 Å². The van der Waals surface area contributed by atoms with E-state index in [0.29, 0.717) is 13.2 Å². The number of nitrogens with one attached hydrogen (secondary N) is 1. The lowest BCUT2D eigenvalue weighted by Gasteiger charge is -2.21. The van der Waals surface area contributed by atoms with Gasteiger partial charge in [0.1, 0.15) is 12.0 Å². The molecule has 2 unspecified atom stereocenters. The summed E-state index contributed by atoms with van der Waals surface area (Å²) in [7, 11) is 0. The van der Waals surface area contributed by atoms with Crippen LogP contribution in [0.3, 0.4) is 0 Å². The van der Waals surface area contributed by atoms with Crippen LogP contribution in [0.1, 0.15) is 18.9 Å². The van der Waals surface area contributed by atoms with E-state index in [9.17, 15) is 8.78 Å². The number of hydrogen-bond donors (Lipinski definition) is 1. The predicted octanol–water partition coefficient (Wildman–Crippen LogP) is 3.57. The number of allylic oxidation sites excluding steroid dienone is 1. The van der Waals surface area contributed by atoms with Gasteiger partial charge in [-0.15, -0.1) is 0 Å². The second kappa shape index (κ2) is 6.72. The monoisotopic (exact) mass is 345 g/mol. The predicted molar refractivity (Wildman–Crippen MR) is 88.0 cm³/mol. The van der Waals surface area contributed by atoms with Crippen molar-refractivity contribution in [2.45, 2.75) is 18.9 Å². The minimum Gasteiger partial charge on any atom is -0.381 e. The highest BCUT2D eigenvalue weighted by molar-refractivity contribution is 5.89. The summed E-state index contributed by atoms with van der Waals surface area (Å²) in [5.74, 6) is 0.168. The van der Waals surface area contributed by atoms with Crippen LogP contribution < -0.4 is 0 Å². The first-order valence-corrected chi connectivity index (χ1v) is 8.14. The molecule has 8 heteroatoms. The van der Waals surface area contributed by atoms with Crippen molar-refractivity contribution < 1.29 is 13.5 Å². The number of H-pyrrole nitrogens is 1. The molecule has 0 aromatic carbocycles. The SMILES string of the molecule is FC(F)=CCC(C1CCOC1)n1cc(-c2ncnc3[nH]ccc23)cn1. The number of hydrogen-bond acceptors (Lipinski definition) is 4. The van der Waals surface area contributed by atoms with Crippen LogP contribution in [0.25, 0.3) is 22.3 Å². The van der Waals surface area contributed by atoms with Gasteiger partial charge in [0.15, 0.2) is 0 Å². The van der Waals surface area contributed by atoms with Gasteiger partial charge in [0.05, 0.1) is 24.5 Å².